The molecule has 1 aliphatic rings. The Kier molecular flexibility index (Phi) is 7.52. The standard InChI is InChI=1S/C24H30N2O4/c1-19-13-21(16-23(14-19)28-3)26-10-5-4-9-24(26,25)18-30-12-11-29-17-20-7-6-8-22(15-20)27-2/h4-10,13-16H,11-12,17-18,25H2,1-3H3. The number of methoxy groups -OCH3 is 2. The van der Waals surface area contributed by atoms with Gasteiger partial charge in [0, 0.05) is 18.0 Å². The van der Waals surface area contributed by atoms with Crippen LogP contribution in [0.1, 0.15) is 11.1 Å². The molecular formula is C24H30N2O4. The molecule has 30 heavy (non-hydrogen) atoms. The van der Waals surface area contributed by atoms with Gasteiger partial charge in [0.05, 0.1) is 40.6 Å². The van der Waals surface area contributed by atoms with Crippen molar-refractivity contribution < 1.29 is 18.9 Å². The average molecular weight is 411 g/mol. The van der Waals surface area contributed by atoms with Crippen LogP contribution in [0.25, 0.3) is 0 Å². The van der Waals surface area contributed by atoms with Gasteiger partial charge in [0.2, 0.25) is 0 Å². The number of benzene rings is 2. The summed E-state index contributed by atoms with van der Waals surface area (Å²) in [7, 11) is 3.32. The first-order valence-corrected chi connectivity index (χ1v) is 9.92. The summed E-state index contributed by atoms with van der Waals surface area (Å²) >= 11 is 0. The van der Waals surface area contributed by atoms with Crippen LogP contribution < -0.4 is 20.1 Å². The highest BCUT2D eigenvalue weighted by Gasteiger charge is 2.31. The number of hydrogen-bond donors (Lipinski definition) is 1. The second-order valence-corrected chi connectivity index (χ2v) is 7.23. The van der Waals surface area contributed by atoms with Gasteiger partial charge in [-0.1, -0.05) is 18.2 Å². The largest absolute Gasteiger partial charge is 0.497 e. The SMILES string of the molecule is COc1cccc(COCCOCC2(N)C=CC=CN2c2cc(C)cc(OC)c2)c1. The Balaban J connectivity index is 1.52. The number of nitrogens with zero attached hydrogens (tertiary/aromatic N) is 1. The lowest BCUT2D eigenvalue weighted by atomic mass is 10.1. The van der Waals surface area contributed by atoms with Crippen LogP contribution in [0.4, 0.5) is 5.69 Å². The number of nitrogens with two attached hydrogens (primary N) is 1. The molecule has 0 amide bonds. The van der Waals surface area contributed by atoms with Gasteiger partial charge in [-0.2, -0.15) is 0 Å². The van der Waals surface area contributed by atoms with Crippen LogP contribution >= 0.6 is 0 Å². The average Bonchev–Trinajstić information content (AvgIpc) is 2.76. The molecule has 1 heterocycles. The summed E-state index contributed by atoms with van der Waals surface area (Å²) in [5, 5.41) is 0. The van der Waals surface area contributed by atoms with E-state index in [9.17, 15) is 0 Å². The van der Waals surface area contributed by atoms with Gasteiger partial charge in [0.25, 0.3) is 0 Å². The third-order valence-electron chi connectivity index (χ3n) is 4.84. The monoisotopic (exact) mass is 410 g/mol. The van der Waals surface area contributed by atoms with Crippen LogP contribution in [0, 0.1) is 6.92 Å². The fraction of sp³-hybridized carbons (Fsp3) is 0.333. The van der Waals surface area contributed by atoms with Crippen LogP contribution in [0.5, 0.6) is 11.5 Å². The van der Waals surface area contributed by atoms with Gasteiger partial charge in [0.15, 0.2) is 0 Å². The molecule has 0 saturated carbocycles. The number of hydrogen-bond acceptors (Lipinski definition) is 6. The number of rotatable bonds is 10. The highest BCUT2D eigenvalue weighted by atomic mass is 16.5. The zero-order valence-corrected chi connectivity index (χ0v) is 17.8. The van der Waals surface area contributed by atoms with Crippen molar-refractivity contribution in [2.24, 2.45) is 5.73 Å². The third kappa shape index (κ3) is 5.63. The smallest absolute Gasteiger partial charge is 0.136 e. The molecule has 0 saturated heterocycles. The minimum Gasteiger partial charge on any atom is -0.497 e. The van der Waals surface area contributed by atoms with Crippen molar-refractivity contribution in [1.82, 2.24) is 0 Å². The number of allylic oxidation sites excluding steroid dienone is 2. The third-order valence-corrected chi connectivity index (χ3v) is 4.84. The van der Waals surface area contributed by atoms with Gasteiger partial charge in [0.1, 0.15) is 17.2 Å². The van der Waals surface area contributed by atoms with E-state index < -0.39 is 5.66 Å². The molecule has 6 nitrogen and oxygen atoms in total. The second kappa shape index (κ2) is 10.3. The molecule has 1 unspecified atom stereocenters. The molecule has 1 aliphatic heterocycles. The Morgan fingerprint density at radius 1 is 0.933 bits per heavy atom. The van der Waals surface area contributed by atoms with E-state index >= 15 is 0 Å². The lowest BCUT2D eigenvalue weighted by Crippen LogP contribution is -2.57. The molecule has 1 atom stereocenters. The van der Waals surface area contributed by atoms with Crippen LogP contribution in [0.15, 0.2) is 66.9 Å². The highest BCUT2D eigenvalue weighted by molar-refractivity contribution is 5.59. The highest BCUT2D eigenvalue weighted by Crippen LogP contribution is 2.30. The van der Waals surface area contributed by atoms with Crippen molar-refractivity contribution in [2.75, 3.05) is 38.9 Å². The molecule has 2 aromatic rings. The maximum absolute atomic E-state index is 6.68. The predicted octanol–water partition coefficient (Wildman–Crippen LogP) is 3.79. The number of aryl methyl sites for hydroxylation is 1. The summed E-state index contributed by atoms with van der Waals surface area (Å²) in [6, 6.07) is 13.9. The molecule has 0 radical (unpaired) electrons. The van der Waals surface area contributed by atoms with Crippen LogP contribution in [0.3, 0.4) is 0 Å². The molecule has 2 aromatic carbocycles. The summed E-state index contributed by atoms with van der Waals surface area (Å²) in [5.41, 5.74) is 9.00. The zero-order valence-electron chi connectivity index (χ0n) is 17.8. The first-order valence-electron chi connectivity index (χ1n) is 9.92. The fourth-order valence-corrected chi connectivity index (χ4v) is 3.31. The van der Waals surface area contributed by atoms with E-state index in [1.807, 2.05) is 72.6 Å². The Hall–Kier alpha value is -2.80. The van der Waals surface area contributed by atoms with Gasteiger partial charge in [-0.3, -0.25) is 0 Å². The second-order valence-electron chi connectivity index (χ2n) is 7.23. The molecule has 0 spiro atoms. The number of anilines is 1. The molecule has 0 fully saturated rings. The summed E-state index contributed by atoms with van der Waals surface area (Å²) in [4.78, 5) is 2.00. The van der Waals surface area contributed by atoms with Crippen molar-refractivity contribution in [3.05, 3.63) is 78.0 Å². The molecule has 2 N–H and O–H groups in total. The van der Waals surface area contributed by atoms with Crippen molar-refractivity contribution in [2.45, 2.75) is 19.2 Å². The van der Waals surface area contributed by atoms with Gasteiger partial charge >= 0.3 is 0 Å². The molecule has 160 valence electrons. The Morgan fingerprint density at radius 3 is 2.53 bits per heavy atom. The van der Waals surface area contributed by atoms with Gasteiger partial charge in [-0.15, -0.1) is 0 Å². The van der Waals surface area contributed by atoms with Crippen molar-refractivity contribution in [3.63, 3.8) is 0 Å². The maximum atomic E-state index is 6.68. The van der Waals surface area contributed by atoms with E-state index in [0.717, 1.165) is 28.3 Å². The Labute approximate surface area is 178 Å². The summed E-state index contributed by atoms with van der Waals surface area (Å²) in [6.45, 7) is 3.79. The van der Waals surface area contributed by atoms with E-state index in [4.69, 9.17) is 24.7 Å². The van der Waals surface area contributed by atoms with Crippen molar-refractivity contribution in [3.8, 4) is 11.5 Å². The minimum absolute atomic E-state index is 0.326. The van der Waals surface area contributed by atoms with E-state index in [1.54, 1.807) is 14.2 Å². The minimum atomic E-state index is -0.791. The number of ether oxygens (including phenoxy) is 4. The zero-order chi connectivity index (χ0) is 21.4. The van der Waals surface area contributed by atoms with E-state index in [2.05, 4.69) is 6.07 Å². The molecule has 6 heteroatoms. The molecule has 0 aromatic heterocycles. The van der Waals surface area contributed by atoms with Crippen LogP contribution in [-0.4, -0.2) is 39.7 Å². The lowest BCUT2D eigenvalue weighted by Gasteiger charge is -2.39. The Morgan fingerprint density at radius 2 is 1.73 bits per heavy atom. The summed E-state index contributed by atoms with van der Waals surface area (Å²) < 4.78 is 22.2. The fourth-order valence-electron chi connectivity index (χ4n) is 3.31. The van der Waals surface area contributed by atoms with Crippen LogP contribution in [0.2, 0.25) is 0 Å². The summed E-state index contributed by atoms with van der Waals surface area (Å²) in [5.74, 6) is 1.62. The van der Waals surface area contributed by atoms with Gasteiger partial charge < -0.3 is 29.6 Å². The maximum Gasteiger partial charge on any atom is 0.136 e. The van der Waals surface area contributed by atoms with Crippen molar-refractivity contribution in [1.29, 1.82) is 0 Å². The summed E-state index contributed by atoms with van der Waals surface area (Å²) in [6.07, 6.45) is 7.79. The lowest BCUT2D eigenvalue weighted by molar-refractivity contribution is 0.0284. The molecular weight excluding hydrogens is 380 g/mol. The predicted molar refractivity (Wildman–Crippen MR) is 119 cm³/mol. The quantitative estimate of drug-likeness (QED) is 0.601. The van der Waals surface area contributed by atoms with E-state index in [0.29, 0.717) is 26.4 Å². The molecule has 3 rings (SSSR count). The van der Waals surface area contributed by atoms with Crippen molar-refractivity contribution >= 4 is 5.69 Å². The first kappa shape index (κ1) is 21.9. The van der Waals surface area contributed by atoms with Gasteiger partial charge in [-0.25, -0.2) is 0 Å². The Bertz CT molecular complexity index is 897. The molecule has 0 aliphatic carbocycles. The first-order chi connectivity index (χ1) is 14.5. The molecule has 0 bridgehead atoms. The van der Waals surface area contributed by atoms with Crippen LogP contribution in [-0.2, 0) is 16.1 Å². The van der Waals surface area contributed by atoms with Gasteiger partial charge in [-0.05, 0) is 54.5 Å². The normalized spacial score (nSPS) is 17.9. The topological polar surface area (TPSA) is 66.2 Å². The van der Waals surface area contributed by atoms with E-state index in [-0.39, 0.29) is 0 Å². The van der Waals surface area contributed by atoms with E-state index in [1.165, 1.54) is 0 Å².